The van der Waals surface area contributed by atoms with Crippen molar-refractivity contribution in [1.82, 2.24) is 9.97 Å². The average molecular weight is 341 g/mol. The van der Waals surface area contributed by atoms with Crippen LogP contribution >= 0.6 is 23.1 Å². The summed E-state index contributed by atoms with van der Waals surface area (Å²) in [5, 5.41) is 5.90. The Morgan fingerprint density at radius 1 is 1.17 bits per heavy atom. The molecule has 0 bridgehead atoms. The molecular weight excluding hydrogens is 326 g/mol. The number of aryl methyl sites for hydroxylation is 2. The second-order valence-electron chi connectivity index (χ2n) is 5.02. The van der Waals surface area contributed by atoms with Gasteiger partial charge in [-0.1, -0.05) is 29.5 Å². The van der Waals surface area contributed by atoms with Crippen molar-refractivity contribution in [2.24, 2.45) is 0 Å². The van der Waals surface area contributed by atoms with Crippen LogP contribution in [-0.2, 0) is 0 Å². The first kappa shape index (κ1) is 15.7. The second-order valence-corrected chi connectivity index (χ2v) is 6.94. The lowest BCUT2D eigenvalue weighted by Crippen LogP contribution is -2.13. The van der Waals surface area contributed by atoms with Crippen molar-refractivity contribution in [1.29, 1.82) is 0 Å². The lowest BCUT2D eigenvalue weighted by atomic mass is 10.2. The minimum absolute atomic E-state index is 0.194. The summed E-state index contributed by atoms with van der Waals surface area (Å²) >= 11 is 2.89. The van der Waals surface area contributed by atoms with E-state index in [1.165, 1.54) is 34.2 Å². The minimum atomic E-state index is -0.194. The maximum Gasteiger partial charge on any atom is 0.260 e. The Balaban J connectivity index is 1.87. The van der Waals surface area contributed by atoms with Gasteiger partial charge in [0.1, 0.15) is 5.03 Å². The van der Waals surface area contributed by atoms with Gasteiger partial charge in [0.05, 0.1) is 5.56 Å². The van der Waals surface area contributed by atoms with Crippen LogP contribution < -0.4 is 5.32 Å². The average Bonchev–Trinajstić information content (AvgIpc) is 3.03. The minimum Gasteiger partial charge on any atom is -0.298 e. The molecule has 0 fully saturated rings. The molecule has 0 radical (unpaired) electrons. The first-order chi connectivity index (χ1) is 11.1. The van der Waals surface area contributed by atoms with Crippen molar-refractivity contribution in [2.75, 3.05) is 5.32 Å². The first-order valence-electron chi connectivity index (χ1n) is 7.04. The number of carbonyl (C=O) groups excluding carboxylic acids is 1. The molecule has 3 aromatic rings. The summed E-state index contributed by atoms with van der Waals surface area (Å²) in [5.41, 5.74) is 2.94. The van der Waals surface area contributed by atoms with Crippen molar-refractivity contribution in [3.8, 4) is 0 Å². The van der Waals surface area contributed by atoms with E-state index in [0.717, 1.165) is 4.90 Å². The number of nitrogens with one attached hydrogen (secondary N) is 1. The fourth-order valence-corrected chi connectivity index (χ4v) is 3.59. The zero-order valence-electron chi connectivity index (χ0n) is 12.7. The van der Waals surface area contributed by atoms with E-state index in [4.69, 9.17) is 0 Å². The van der Waals surface area contributed by atoms with Crippen LogP contribution in [0.5, 0.6) is 0 Å². The zero-order valence-corrected chi connectivity index (χ0v) is 14.4. The van der Waals surface area contributed by atoms with Crippen LogP contribution in [0.3, 0.4) is 0 Å². The Kier molecular flexibility index (Phi) is 4.73. The summed E-state index contributed by atoms with van der Waals surface area (Å²) in [6, 6.07) is 9.80. The monoisotopic (exact) mass is 341 g/mol. The quantitative estimate of drug-likeness (QED) is 0.756. The van der Waals surface area contributed by atoms with Crippen LogP contribution in [0, 0.1) is 13.8 Å². The number of amides is 1. The van der Waals surface area contributed by atoms with Crippen LogP contribution in [0.25, 0.3) is 0 Å². The molecule has 4 nitrogen and oxygen atoms in total. The molecule has 23 heavy (non-hydrogen) atoms. The highest BCUT2D eigenvalue weighted by atomic mass is 32.2. The number of hydrogen-bond acceptors (Lipinski definition) is 5. The summed E-state index contributed by atoms with van der Waals surface area (Å²) in [4.78, 5) is 22.0. The molecule has 0 aliphatic carbocycles. The molecule has 0 spiro atoms. The molecule has 116 valence electrons. The fourth-order valence-electron chi connectivity index (χ4n) is 2.11. The summed E-state index contributed by atoms with van der Waals surface area (Å²) in [6.07, 6.45) is 3.36. The van der Waals surface area contributed by atoms with Crippen LogP contribution in [-0.4, -0.2) is 15.9 Å². The van der Waals surface area contributed by atoms with Gasteiger partial charge in [0, 0.05) is 22.7 Å². The largest absolute Gasteiger partial charge is 0.298 e. The number of thiazole rings is 1. The number of anilines is 1. The van der Waals surface area contributed by atoms with Crippen molar-refractivity contribution in [3.05, 3.63) is 64.8 Å². The van der Waals surface area contributed by atoms with Gasteiger partial charge in [0.15, 0.2) is 5.13 Å². The van der Waals surface area contributed by atoms with E-state index in [0.29, 0.717) is 15.7 Å². The van der Waals surface area contributed by atoms with Crippen LogP contribution in [0.1, 0.15) is 21.5 Å². The summed E-state index contributed by atoms with van der Waals surface area (Å²) in [5.74, 6) is -0.194. The number of rotatable bonds is 4. The van der Waals surface area contributed by atoms with Gasteiger partial charge < -0.3 is 0 Å². The Bertz CT molecular complexity index is 832. The van der Waals surface area contributed by atoms with Gasteiger partial charge in [-0.05, 0) is 37.6 Å². The zero-order chi connectivity index (χ0) is 16.2. The molecule has 6 heteroatoms. The molecule has 1 aromatic carbocycles. The molecule has 2 aromatic heterocycles. The predicted octanol–water partition coefficient (Wildman–Crippen LogP) is 4.56. The summed E-state index contributed by atoms with van der Waals surface area (Å²) < 4.78 is 0. The van der Waals surface area contributed by atoms with Gasteiger partial charge in [-0.15, -0.1) is 11.3 Å². The Hall–Kier alpha value is -2.18. The third-order valence-electron chi connectivity index (χ3n) is 3.21. The molecule has 1 N–H and O–H groups in total. The van der Waals surface area contributed by atoms with Crippen LogP contribution in [0.4, 0.5) is 5.13 Å². The number of carbonyl (C=O) groups is 1. The maximum atomic E-state index is 12.5. The van der Waals surface area contributed by atoms with Gasteiger partial charge in [-0.3, -0.25) is 10.1 Å². The molecule has 3 rings (SSSR count). The van der Waals surface area contributed by atoms with Gasteiger partial charge in [0.2, 0.25) is 0 Å². The number of hydrogen-bond donors (Lipinski definition) is 1. The molecule has 0 atom stereocenters. The fraction of sp³-hybridized carbons (Fsp3) is 0.118. The molecule has 0 saturated heterocycles. The standard InChI is InChI=1S/C17H15N3OS2/c1-11-5-6-14(12(2)10-11)23-16-13(4-3-7-18-16)15(21)20-17-19-8-9-22-17/h3-10H,1-2H3,(H,19,20,21). The van der Waals surface area contributed by atoms with Crippen molar-refractivity contribution >= 4 is 34.1 Å². The van der Waals surface area contributed by atoms with E-state index in [2.05, 4.69) is 47.3 Å². The maximum absolute atomic E-state index is 12.5. The third-order valence-corrected chi connectivity index (χ3v) is 5.09. The van der Waals surface area contributed by atoms with Crippen molar-refractivity contribution in [2.45, 2.75) is 23.8 Å². The smallest absolute Gasteiger partial charge is 0.260 e. The van der Waals surface area contributed by atoms with Crippen molar-refractivity contribution in [3.63, 3.8) is 0 Å². The lowest BCUT2D eigenvalue weighted by Gasteiger charge is -2.09. The highest BCUT2D eigenvalue weighted by molar-refractivity contribution is 7.99. The second kappa shape index (κ2) is 6.93. The van der Waals surface area contributed by atoms with E-state index in [-0.39, 0.29) is 5.91 Å². The third kappa shape index (κ3) is 3.78. The highest BCUT2D eigenvalue weighted by Crippen LogP contribution is 2.31. The van der Waals surface area contributed by atoms with E-state index in [9.17, 15) is 4.79 Å². The Morgan fingerprint density at radius 2 is 2.04 bits per heavy atom. The van der Waals surface area contributed by atoms with Crippen molar-refractivity contribution < 1.29 is 4.79 Å². The summed E-state index contributed by atoms with van der Waals surface area (Å²) in [7, 11) is 0. The SMILES string of the molecule is Cc1ccc(Sc2ncccc2C(=O)Nc2nccs2)c(C)c1. The highest BCUT2D eigenvalue weighted by Gasteiger charge is 2.15. The number of benzene rings is 1. The van der Waals surface area contributed by atoms with Gasteiger partial charge >= 0.3 is 0 Å². The van der Waals surface area contributed by atoms with Crippen LogP contribution in [0.2, 0.25) is 0 Å². The molecule has 0 saturated carbocycles. The molecule has 0 aliphatic heterocycles. The lowest BCUT2D eigenvalue weighted by molar-refractivity contribution is 0.102. The molecule has 0 aliphatic rings. The normalized spacial score (nSPS) is 10.5. The van der Waals surface area contributed by atoms with Gasteiger partial charge in [0.25, 0.3) is 5.91 Å². The van der Waals surface area contributed by atoms with Crippen LogP contribution in [0.15, 0.2) is 58.0 Å². The van der Waals surface area contributed by atoms with Gasteiger partial charge in [-0.2, -0.15) is 0 Å². The molecule has 0 unspecified atom stereocenters. The van der Waals surface area contributed by atoms with E-state index in [1.54, 1.807) is 24.5 Å². The van der Waals surface area contributed by atoms with Gasteiger partial charge in [-0.25, -0.2) is 9.97 Å². The predicted molar refractivity (Wildman–Crippen MR) is 94.3 cm³/mol. The molecule has 1 amide bonds. The Morgan fingerprint density at radius 3 is 2.78 bits per heavy atom. The van der Waals surface area contributed by atoms with E-state index in [1.807, 2.05) is 5.38 Å². The number of pyridine rings is 1. The topological polar surface area (TPSA) is 54.9 Å². The summed E-state index contributed by atoms with van der Waals surface area (Å²) in [6.45, 7) is 4.13. The Labute approximate surface area is 143 Å². The first-order valence-corrected chi connectivity index (χ1v) is 8.74. The van der Waals surface area contributed by atoms with E-state index >= 15 is 0 Å². The van der Waals surface area contributed by atoms with E-state index < -0.39 is 0 Å². The molecular formula is C17H15N3OS2. The number of aromatic nitrogens is 2. The molecule has 2 heterocycles. The number of nitrogens with zero attached hydrogens (tertiary/aromatic N) is 2.